The third-order valence-corrected chi connectivity index (χ3v) is 8.27. The average Bonchev–Trinajstić information content (AvgIpc) is 2.73. The second-order valence-corrected chi connectivity index (χ2v) is 11.0. The third-order valence-electron chi connectivity index (χ3n) is 4.53. The lowest BCUT2D eigenvalue weighted by Crippen LogP contribution is -2.31. The van der Waals surface area contributed by atoms with Crippen LogP contribution in [0.4, 0.5) is 11.4 Å². The molecule has 0 fully saturated rings. The van der Waals surface area contributed by atoms with E-state index in [1.165, 1.54) is 31.4 Å². The van der Waals surface area contributed by atoms with Crippen LogP contribution in [0.2, 0.25) is 0 Å². The first-order chi connectivity index (χ1) is 15.7. The number of hydrazone groups is 1. The zero-order valence-corrected chi connectivity index (χ0v) is 19.7. The van der Waals surface area contributed by atoms with E-state index >= 15 is 0 Å². The molecule has 2 aromatic carbocycles. The molecule has 0 saturated heterocycles. The van der Waals surface area contributed by atoms with E-state index in [9.17, 15) is 43.4 Å². The zero-order chi connectivity index (χ0) is 25.7. The van der Waals surface area contributed by atoms with Gasteiger partial charge >= 0.3 is 15.2 Å². The molecule has 184 valence electrons. The summed E-state index contributed by atoms with van der Waals surface area (Å²) in [5.41, 5.74) is 2.54. The van der Waals surface area contributed by atoms with Crippen molar-refractivity contribution in [2.24, 2.45) is 5.10 Å². The number of para-hydroxylation sites is 2. The lowest BCUT2D eigenvalue weighted by Gasteiger charge is -2.29. The Bertz CT molecular complexity index is 1170. The van der Waals surface area contributed by atoms with Crippen LogP contribution in [0.25, 0.3) is 0 Å². The Balaban J connectivity index is 2.20. The number of Topliss-reactive ketones (excluding diaryl/α,β-unsaturated/α-hetero) is 1. The molecule has 0 radical (unpaired) electrons. The highest BCUT2D eigenvalue weighted by molar-refractivity contribution is 7.72. The maximum atomic E-state index is 12.5. The summed E-state index contributed by atoms with van der Waals surface area (Å²) in [6.45, 7) is 1.14. The van der Waals surface area contributed by atoms with Crippen LogP contribution >= 0.6 is 15.2 Å². The molecule has 0 bridgehead atoms. The van der Waals surface area contributed by atoms with Crippen molar-refractivity contribution in [2.75, 3.05) is 17.9 Å². The van der Waals surface area contributed by atoms with Gasteiger partial charge in [-0.05, 0) is 29.8 Å². The lowest BCUT2D eigenvalue weighted by molar-refractivity contribution is -0.114. The van der Waals surface area contributed by atoms with Gasteiger partial charge in [0.2, 0.25) is 0 Å². The number of amides is 1. The SMILES string of the molecule is COc1ccccc1NC(=O)/C(=N/Nc1ccc(CC(O)(P(=O)(O)O)P(=O)(O)O)cc1)C(C)=O. The summed E-state index contributed by atoms with van der Waals surface area (Å²) in [5.74, 6) is -1.09. The number of carbonyl (C=O) groups excluding carboxylic acids is 2. The summed E-state index contributed by atoms with van der Waals surface area (Å²) in [5, 5.41) is 12.7. The van der Waals surface area contributed by atoms with Gasteiger partial charge in [-0.1, -0.05) is 24.3 Å². The fourth-order valence-corrected chi connectivity index (χ4v) is 4.82. The standard InChI is InChI=1S/C19H23N3O10P2/c1-12(23)17(18(24)20-15-5-3-4-6-16(15)32-2)22-21-14-9-7-13(8-10-14)11-19(25,33(26,27)28)34(29,30)31/h3-10,21,25H,11H2,1-2H3,(H,20,24)(H2,26,27,28)(H2,29,30,31)/b22-17+. The van der Waals surface area contributed by atoms with Crippen LogP contribution in [0.15, 0.2) is 53.6 Å². The molecule has 0 aliphatic rings. The number of ether oxygens (including phenoxy) is 1. The molecule has 2 aromatic rings. The van der Waals surface area contributed by atoms with Crippen molar-refractivity contribution in [1.29, 1.82) is 0 Å². The van der Waals surface area contributed by atoms with Gasteiger partial charge in [0, 0.05) is 13.3 Å². The largest absolute Gasteiger partial charge is 0.495 e. The molecule has 0 atom stereocenters. The van der Waals surface area contributed by atoms with Crippen LogP contribution in [-0.4, -0.2) is 54.3 Å². The van der Waals surface area contributed by atoms with Crippen LogP contribution in [0.5, 0.6) is 5.75 Å². The summed E-state index contributed by atoms with van der Waals surface area (Å²) in [6.07, 6.45) is -1.04. The minimum atomic E-state index is -5.61. The number of rotatable bonds is 10. The van der Waals surface area contributed by atoms with E-state index in [4.69, 9.17) is 4.74 Å². The van der Waals surface area contributed by atoms with Gasteiger partial charge in [-0.2, -0.15) is 5.10 Å². The molecule has 7 N–H and O–H groups in total. The number of benzene rings is 2. The number of nitrogens with zero attached hydrogens (tertiary/aromatic N) is 1. The van der Waals surface area contributed by atoms with Gasteiger partial charge in [0.25, 0.3) is 11.0 Å². The lowest BCUT2D eigenvalue weighted by atomic mass is 10.1. The van der Waals surface area contributed by atoms with Gasteiger partial charge in [0.15, 0.2) is 11.5 Å². The van der Waals surface area contributed by atoms with Crippen molar-refractivity contribution in [1.82, 2.24) is 0 Å². The first kappa shape index (κ1) is 27.4. The van der Waals surface area contributed by atoms with E-state index in [1.54, 1.807) is 24.3 Å². The molecule has 0 heterocycles. The van der Waals surface area contributed by atoms with Crippen molar-refractivity contribution in [3.8, 4) is 5.75 Å². The van der Waals surface area contributed by atoms with Crippen molar-refractivity contribution in [2.45, 2.75) is 18.4 Å². The number of hydrogen-bond acceptors (Lipinski definition) is 8. The zero-order valence-electron chi connectivity index (χ0n) is 17.9. The van der Waals surface area contributed by atoms with E-state index in [1.807, 2.05) is 0 Å². The molecule has 0 aliphatic heterocycles. The maximum absolute atomic E-state index is 12.5. The highest BCUT2D eigenvalue weighted by atomic mass is 31.2. The number of methoxy groups -OCH3 is 1. The number of carbonyl (C=O) groups is 2. The second kappa shape index (κ2) is 10.6. The summed E-state index contributed by atoms with van der Waals surface area (Å²) in [6, 6.07) is 11.6. The molecular formula is C19H23N3O10P2. The molecule has 0 spiro atoms. The van der Waals surface area contributed by atoms with E-state index in [-0.39, 0.29) is 11.3 Å². The van der Waals surface area contributed by atoms with Gasteiger partial charge in [-0.15, -0.1) is 0 Å². The maximum Gasteiger partial charge on any atom is 0.369 e. The predicted octanol–water partition coefficient (Wildman–Crippen LogP) is 1.23. The van der Waals surface area contributed by atoms with Crippen LogP contribution in [0.3, 0.4) is 0 Å². The molecule has 0 aromatic heterocycles. The van der Waals surface area contributed by atoms with E-state index < -0.39 is 44.1 Å². The van der Waals surface area contributed by atoms with Crippen LogP contribution in [0, 0.1) is 0 Å². The molecule has 1 amide bonds. The highest BCUT2D eigenvalue weighted by Gasteiger charge is 2.59. The van der Waals surface area contributed by atoms with Crippen molar-refractivity contribution < 1.29 is 48.1 Å². The first-order valence-electron chi connectivity index (χ1n) is 9.41. The molecule has 0 unspecified atom stereocenters. The monoisotopic (exact) mass is 515 g/mol. The number of aliphatic hydroxyl groups is 1. The fraction of sp³-hybridized carbons (Fsp3) is 0.211. The number of nitrogens with one attached hydrogen (secondary N) is 2. The van der Waals surface area contributed by atoms with E-state index in [0.717, 1.165) is 6.92 Å². The normalized spacial score (nSPS) is 12.7. The molecule has 34 heavy (non-hydrogen) atoms. The van der Waals surface area contributed by atoms with E-state index in [2.05, 4.69) is 15.8 Å². The molecule has 2 rings (SSSR count). The smallest absolute Gasteiger partial charge is 0.369 e. The van der Waals surface area contributed by atoms with Crippen molar-refractivity contribution in [3.05, 3.63) is 54.1 Å². The Kier molecular flexibility index (Phi) is 8.51. The fourth-order valence-electron chi connectivity index (χ4n) is 2.69. The van der Waals surface area contributed by atoms with E-state index in [0.29, 0.717) is 11.4 Å². The molecule has 0 saturated carbocycles. The Hall–Kier alpha value is -2.89. The van der Waals surface area contributed by atoms with Crippen LogP contribution in [0.1, 0.15) is 12.5 Å². The molecule has 13 nitrogen and oxygen atoms in total. The van der Waals surface area contributed by atoms with Crippen LogP contribution < -0.4 is 15.5 Å². The Morgan fingerprint density at radius 1 is 1.00 bits per heavy atom. The van der Waals surface area contributed by atoms with Gasteiger partial charge in [-0.3, -0.25) is 24.1 Å². The Morgan fingerprint density at radius 3 is 2.06 bits per heavy atom. The Morgan fingerprint density at radius 2 is 1.56 bits per heavy atom. The van der Waals surface area contributed by atoms with Crippen LogP contribution in [-0.2, 0) is 25.1 Å². The molecule has 0 aliphatic carbocycles. The number of ketones is 1. The third kappa shape index (κ3) is 6.37. The van der Waals surface area contributed by atoms with Crippen molar-refractivity contribution >= 4 is 44.0 Å². The molecular weight excluding hydrogens is 492 g/mol. The highest BCUT2D eigenvalue weighted by Crippen LogP contribution is 2.68. The second-order valence-electron chi connectivity index (χ2n) is 7.02. The van der Waals surface area contributed by atoms with Gasteiger partial charge in [-0.25, -0.2) is 0 Å². The quantitative estimate of drug-likeness (QED) is 0.103. The summed E-state index contributed by atoms with van der Waals surface area (Å²) in [4.78, 5) is 61.4. The average molecular weight is 515 g/mol. The Labute approximate surface area is 193 Å². The predicted molar refractivity (Wildman–Crippen MR) is 123 cm³/mol. The molecule has 15 heteroatoms. The van der Waals surface area contributed by atoms with Gasteiger partial charge in [0.05, 0.1) is 18.5 Å². The van der Waals surface area contributed by atoms with Gasteiger partial charge in [0.1, 0.15) is 5.75 Å². The van der Waals surface area contributed by atoms with Gasteiger partial charge < -0.3 is 34.7 Å². The van der Waals surface area contributed by atoms with Crippen molar-refractivity contribution in [3.63, 3.8) is 0 Å². The summed E-state index contributed by atoms with van der Waals surface area (Å²) < 4.78 is 28.1. The minimum Gasteiger partial charge on any atom is -0.495 e. The topological polar surface area (TPSA) is 215 Å². The number of anilines is 2. The minimum absolute atomic E-state index is 0.00983. The summed E-state index contributed by atoms with van der Waals surface area (Å²) in [7, 11) is -9.80. The first-order valence-corrected chi connectivity index (χ1v) is 12.6. The number of hydrogen-bond donors (Lipinski definition) is 7. The summed E-state index contributed by atoms with van der Waals surface area (Å²) >= 11 is 0.